The van der Waals surface area contributed by atoms with E-state index in [2.05, 4.69) is 10.4 Å². The molecule has 0 spiro atoms. The molecular formula is C13H12Cl2N4O. The highest BCUT2D eigenvalue weighted by molar-refractivity contribution is 6.42. The Morgan fingerprint density at radius 3 is 2.85 bits per heavy atom. The van der Waals surface area contributed by atoms with Gasteiger partial charge in [0.1, 0.15) is 5.69 Å². The summed E-state index contributed by atoms with van der Waals surface area (Å²) in [5, 5.41) is 8.57. The van der Waals surface area contributed by atoms with Crippen LogP contribution in [0.5, 0.6) is 0 Å². The van der Waals surface area contributed by atoms with E-state index in [-0.39, 0.29) is 0 Å². The third kappa shape index (κ3) is 2.18. The number of primary amides is 1. The highest BCUT2D eigenvalue weighted by Gasteiger charge is 2.24. The molecular weight excluding hydrogens is 299 g/mol. The predicted octanol–water partition coefficient (Wildman–Crippen LogP) is 2.06. The number of benzene rings is 1. The molecule has 1 aliphatic rings. The van der Waals surface area contributed by atoms with Gasteiger partial charge in [0.15, 0.2) is 0 Å². The monoisotopic (exact) mass is 310 g/mol. The normalized spacial score (nSPS) is 14.1. The van der Waals surface area contributed by atoms with Crippen molar-refractivity contribution in [3.05, 3.63) is 39.5 Å². The summed E-state index contributed by atoms with van der Waals surface area (Å²) in [4.78, 5) is 11.8. The van der Waals surface area contributed by atoms with E-state index in [1.54, 1.807) is 18.2 Å². The molecule has 1 amide bonds. The number of carbonyl (C=O) groups excluding carboxylic acids is 1. The summed E-state index contributed by atoms with van der Waals surface area (Å²) in [6, 6.07) is 5.15. The van der Waals surface area contributed by atoms with Crippen LogP contribution in [-0.2, 0) is 13.1 Å². The minimum Gasteiger partial charge on any atom is -0.365 e. The molecule has 7 heteroatoms. The lowest BCUT2D eigenvalue weighted by molar-refractivity contribution is 0.0999. The van der Waals surface area contributed by atoms with Crippen molar-refractivity contribution < 1.29 is 4.79 Å². The van der Waals surface area contributed by atoms with Gasteiger partial charge in [0.25, 0.3) is 5.91 Å². The Labute approximate surface area is 125 Å². The number of aromatic nitrogens is 2. The maximum absolute atomic E-state index is 11.8. The summed E-state index contributed by atoms with van der Waals surface area (Å²) in [5.74, 6) is -0.490. The number of amides is 1. The second kappa shape index (κ2) is 5.09. The molecule has 0 saturated heterocycles. The molecule has 0 radical (unpaired) electrons. The molecule has 104 valence electrons. The molecule has 20 heavy (non-hydrogen) atoms. The molecule has 2 aromatic rings. The standard InChI is InChI=1S/C13H12Cl2N4O/c14-8-2-1-7(5-9(8)15)12-11(13(16)20)10-6-17-3-4-19(10)18-12/h1-2,5,17H,3-4,6H2,(H2,16,20). The van der Waals surface area contributed by atoms with Gasteiger partial charge in [0, 0.05) is 18.7 Å². The lowest BCUT2D eigenvalue weighted by atomic mass is 10.0. The van der Waals surface area contributed by atoms with Crippen LogP contribution in [0.3, 0.4) is 0 Å². The van der Waals surface area contributed by atoms with Crippen LogP contribution in [0.1, 0.15) is 16.1 Å². The molecule has 3 rings (SSSR count). The topological polar surface area (TPSA) is 72.9 Å². The zero-order valence-corrected chi connectivity index (χ0v) is 12.0. The second-order valence-corrected chi connectivity index (χ2v) is 5.38. The van der Waals surface area contributed by atoms with E-state index in [1.807, 2.05) is 4.68 Å². The molecule has 0 unspecified atom stereocenters. The SMILES string of the molecule is NC(=O)c1c(-c2ccc(Cl)c(Cl)c2)nn2c1CNCC2. The maximum atomic E-state index is 11.8. The number of nitrogens with two attached hydrogens (primary N) is 1. The lowest BCUT2D eigenvalue weighted by Gasteiger charge is -2.15. The van der Waals surface area contributed by atoms with Gasteiger partial charge in [-0.05, 0) is 12.1 Å². The fourth-order valence-corrected chi connectivity index (χ4v) is 2.66. The minimum absolute atomic E-state index is 0.420. The van der Waals surface area contributed by atoms with Gasteiger partial charge in [0.2, 0.25) is 0 Å². The van der Waals surface area contributed by atoms with E-state index in [1.165, 1.54) is 0 Å². The predicted molar refractivity (Wildman–Crippen MR) is 77.9 cm³/mol. The van der Waals surface area contributed by atoms with Crippen molar-refractivity contribution in [3.63, 3.8) is 0 Å². The Hall–Kier alpha value is -1.56. The molecule has 1 aliphatic heterocycles. The van der Waals surface area contributed by atoms with Gasteiger partial charge in [-0.25, -0.2) is 0 Å². The van der Waals surface area contributed by atoms with Gasteiger partial charge >= 0.3 is 0 Å². The summed E-state index contributed by atoms with van der Waals surface area (Å²) >= 11 is 11.9. The van der Waals surface area contributed by atoms with E-state index in [4.69, 9.17) is 28.9 Å². The molecule has 0 aliphatic carbocycles. The van der Waals surface area contributed by atoms with Gasteiger partial charge in [0.05, 0.1) is 27.8 Å². The average Bonchev–Trinajstić information content (AvgIpc) is 2.81. The fourth-order valence-electron chi connectivity index (χ4n) is 2.36. The van der Waals surface area contributed by atoms with Gasteiger partial charge in [-0.3, -0.25) is 9.48 Å². The van der Waals surface area contributed by atoms with Crippen molar-refractivity contribution in [3.8, 4) is 11.3 Å². The molecule has 2 heterocycles. The molecule has 0 bridgehead atoms. The molecule has 5 nitrogen and oxygen atoms in total. The van der Waals surface area contributed by atoms with Crippen molar-refractivity contribution in [2.75, 3.05) is 6.54 Å². The van der Waals surface area contributed by atoms with Crippen LogP contribution >= 0.6 is 23.2 Å². The lowest BCUT2D eigenvalue weighted by Crippen LogP contribution is -2.30. The Morgan fingerprint density at radius 2 is 2.15 bits per heavy atom. The van der Waals surface area contributed by atoms with Gasteiger partial charge in [-0.15, -0.1) is 0 Å². The first-order chi connectivity index (χ1) is 9.58. The molecule has 1 aromatic carbocycles. The molecule has 0 atom stereocenters. The Morgan fingerprint density at radius 1 is 1.35 bits per heavy atom. The van der Waals surface area contributed by atoms with Gasteiger partial charge in [-0.2, -0.15) is 5.10 Å². The van der Waals surface area contributed by atoms with Gasteiger partial charge < -0.3 is 11.1 Å². The summed E-state index contributed by atoms with van der Waals surface area (Å²) < 4.78 is 1.81. The Kier molecular flexibility index (Phi) is 3.41. The summed E-state index contributed by atoms with van der Waals surface area (Å²) in [7, 11) is 0. The number of nitrogens with one attached hydrogen (secondary N) is 1. The zero-order valence-electron chi connectivity index (χ0n) is 10.5. The van der Waals surface area contributed by atoms with Crippen LogP contribution in [-0.4, -0.2) is 22.2 Å². The van der Waals surface area contributed by atoms with E-state index in [0.717, 1.165) is 17.8 Å². The van der Waals surface area contributed by atoms with Crippen LogP contribution in [0, 0.1) is 0 Å². The number of halogens is 2. The number of fused-ring (bicyclic) bond motifs is 1. The summed E-state index contributed by atoms with van der Waals surface area (Å²) in [5.41, 5.74) is 8.04. The highest BCUT2D eigenvalue weighted by atomic mass is 35.5. The maximum Gasteiger partial charge on any atom is 0.252 e. The number of hydrogen-bond acceptors (Lipinski definition) is 3. The van der Waals surface area contributed by atoms with Crippen molar-refractivity contribution in [2.45, 2.75) is 13.1 Å². The smallest absolute Gasteiger partial charge is 0.252 e. The average molecular weight is 311 g/mol. The van der Waals surface area contributed by atoms with E-state index >= 15 is 0 Å². The molecule has 0 saturated carbocycles. The number of nitrogens with zero attached hydrogens (tertiary/aromatic N) is 2. The van der Waals surface area contributed by atoms with Crippen LogP contribution in [0.25, 0.3) is 11.3 Å². The van der Waals surface area contributed by atoms with Crippen molar-refractivity contribution in [2.24, 2.45) is 5.73 Å². The van der Waals surface area contributed by atoms with Crippen molar-refractivity contribution in [1.82, 2.24) is 15.1 Å². The van der Waals surface area contributed by atoms with E-state index < -0.39 is 5.91 Å². The zero-order chi connectivity index (χ0) is 14.3. The first-order valence-corrected chi connectivity index (χ1v) is 6.89. The first-order valence-electron chi connectivity index (χ1n) is 6.13. The number of carbonyl (C=O) groups is 1. The van der Waals surface area contributed by atoms with Crippen LogP contribution in [0.2, 0.25) is 10.0 Å². The van der Waals surface area contributed by atoms with Crippen molar-refractivity contribution >= 4 is 29.1 Å². The third-order valence-corrected chi connectivity index (χ3v) is 4.03. The second-order valence-electron chi connectivity index (χ2n) is 4.56. The molecule has 0 fully saturated rings. The van der Waals surface area contributed by atoms with Crippen molar-refractivity contribution in [1.29, 1.82) is 0 Å². The number of rotatable bonds is 2. The van der Waals surface area contributed by atoms with Crippen LogP contribution in [0.4, 0.5) is 0 Å². The van der Waals surface area contributed by atoms with E-state index in [0.29, 0.717) is 34.4 Å². The molecule has 3 N–H and O–H groups in total. The Balaban J connectivity index is 2.19. The van der Waals surface area contributed by atoms with E-state index in [9.17, 15) is 4.79 Å². The highest BCUT2D eigenvalue weighted by Crippen LogP contribution is 2.31. The van der Waals surface area contributed by atoms with Gasteiger partial charge in [-0.1, -0.05) is 29.3 Å². The fraction of sp³-hybridized carbons (Fsp3) is 0.231. The quantitative estimate of drug-likeness (QED) is 0.891. The number of hydrogen-bond donors (Lipinski definition) is 2. The summed E-state index contributed by atoms with van der Waals surface area (Å²) in [6.45, 7) is 2.09. The van der Waals surface area contributed by atoms with Crippen LogP contribution < -0.4 is 11.1 Å². The molecule has 1 aromatic heterocycles. The first kappa shape index (κ1) is 13.4. The largest absolute Gasteiger partial charge is 0.365 e. The Bertz CT molecular complexity index is 696. The third-order valence-electron chi connectivity index (χ3n) is 3.29. The van der Waals surface area contributed by atoms with Crippen LogP contribution in [0.15, 0.2) is 18.2 Å². The summed E-state index contributed by atoms with van der Waals surface area (Å²) in [6.07, 6.45) is 0. The minimum atomic E-state index is -0.490.